The number of aliphatic imine (C=N–C) groups is 1. The normalized spacial score (nSPS) is 11.9. The smallest absolute Gasteiger partial charge is 0.216 e. The van der Waals surface area contributed by atoms with E-state index in [9.17, 15) is 8.42 Å². The number of hydrogen-bond acceptors (Lipinski definition) is 4. The molecule has 0 spiro atoms. The molecule has 2 aromatic rings. The largest absolute Gasteiger partial charge is 0.357 e. The molecule has 6 nitrogen and oxygen atoms in total. The second-order valence-corrected chi connectivity index (χ2v) is 9.01. The highest BCUT2D eigenvalue weighted by Gasteiger charge is 2.15. The molecule has 0 aliphatic rings. The Hall–Kier alpha value is -1.17. The summed E-state index contributed by atoms with van der Waals surface area (Å²) in [6, 6.07) is 9.50. The predicted molar refractivity (Wildman–Crippen MR) is 129 cm³/mol. The van der Waals surface area contributed by atoms with E-state index in [0.717, 1.165) is 17.7 Å². The molecular formula is C19H29IN4O2S2. The van der Waals surface area contributed by atoms with Crippen molar-refractivity contribution in [3.8, 4) is 0 Å². The Morgan fingerprint density at radius 3 is 2.46 bits per heavy atom. The molecule has 0 aliphatic carbocycles. The van der Waals surface area contributed by atoms with Crippen molar-refractivity contribution in [1.82, 2.24) is 15.4 Å². The Bertz CT molecular complexity index is 837. The Labute approximate surface area is 189 Å². The van der Waals surface area contributed by atoms with Crippen LogP contribution >= 0.6 is 35.3 Å². The van der Waals surface area contributed by atoms with Crippen LogP contribution in [-0.4, -0.2) is 27.0 Å². The molecule has 0 aliphatic heterocycles. The molecule has 0 bridgehead atoms. The lowest BCUT2D eigenvalue weighted by atomic mass is 10.1. The highest BCUT2D eigenvalue weighted by Crippen LogP contribution is 2.13. The first-order chi connectivity index (χ1) is 12.9. The average molecular weight is 537 g/mol. The molecule has 156 valence electrons. The fourth-order valence-corrected chi connectivity index (χ4v) is 4.70. The first-order valence-electron chi connectivity index (χ1n) is 8.99. The van der Waals surface area contributed by atoms with Gasteiger partial charge in [0.2, 0.25) is 10.0 Å². The number of halogens is 1. The minimum absolute atomic E-state index is 0. The molecule has 0 radical (unpaired) electrons. The molecule has 9 heteroatoms. The van der Waals surface area contributed by atoms with Crippen molar-refractivity contribution >= 4 is 51.3 Å². The SMILES string of the molecule is CCNC(=NCc1ccsc1)NCc1ccccc1CS(=O)(=O)NC(C)C.I. The van der Waals surface area contributed by atoms with Crippen molar-refractivity contribution in [3.63, 3.8) is 0 Å². The van der Waals surface area contributed by atoms with Crippen LogP contribution in [0, 0.1) is 0 Å². The number of sulfonamides is 1. The van der Waals surface area contributed by atoms with E-state index in [-0.39, 0.29) is 35.8 Å². The summed E-state index contributed by atoms with van der Waals surface area (Å²) >= 11 is 1.65. The third kappa shape index (κ3) is 8.89. The van der Waals surface area contributed by atoms with Gasteiger partial charge in [-0.05, 0) is 54.3 Å². The lowest BCUT2D eigenvalue weighted by Crippen LogP contribution is -2.37. The number of nitrogens with zero attached hydrogens (tertiary/aromatic N) is 1. The van der Waals surface area contributed by atoms with Crippen LogP contribution in [0.2, 0.25) is 0 Å². The topological polar surface area (TPSA) is 82.6 Å². The van der Waals surface area contributed by atoms with Crippen molar-refractivity contribution in [1.29, 1.82) is 0 Å². The number of benzene rings is 1. The van der Waals surface area contributed by atoms with Crippen LogP contribution < -0.4 is 15.4 Å². The van der Waals surface area contributed by atoms with Crippen molar-refractivity contribution in [2.75, 3.05) is 6.54 Å². The monoisotopic (exact) mass is 536 g/mol. The highest BCUT2D eigenvalue weighted by atomic mass is 127. The molecule has 28 heavy (non-hydrogen) atoms. The van der Waals surface area contributed by atoms with Gasteiger partial charge in [0.15, 0.2) is 5.96 Å². The van der Waals surface area contributed by atoms with E-state index in [1.54, 1.807) is 11.3 Å². The van der Waals surface area contributed by atoms with E-state index >= 15 is 0 Å². The fourth-order valence-electron chi connectivity index (χ4n) is 2.55. The zero-order valence-corrected chi connectivity index (χ0v) is 20.4. The zero-order valence-electron chi connectivity index (χ0n) is 16.4. The second kappa shape index (κ2) is 12.4. The van der Waals surface area contributed by atoms with E-state index in [2.05, 4.69) is 31.8 Å². The second-order valence-electron chi connectivity index (χ2n) is 6.48. The molecule has 0 amide bonds. The van der Waals surface area contributed by atoms with Gasteiger partial charge in [-0.1, -0.05) is 24.3 Å². The lowest BCUT2D eigenvalue weighted by molar-refractivity contribution is 0.568. The summed E-state index contributed by atoms with van der Waals surface area (Å²) in [6.07, 6.45) is 0. The number of rotatable bonds is 9. The van der Waals surface area contributed by atoms with Crippen molar-refractivity contribution < 1.29 is 8.42 Å². The molecule has 0 fully saturated rings. The molecule has 1 heterocycles. The molecule has 0 unspecified atom stereocenters. The van der Waals surface area contributed by atoms with Crippen LogP contribution in [0.5, 0.6) is 0 Å². The van der Waals surface area contributed by atoms with Crippen LogP contribution in [0.4, 0.5) is 0 Å². The van der Waals surface area contributed by atoms with E-state index in [1.807, 2.05) is 50.4 Å². The van der Waals surface area contributed by atoms with Crippen molar-refractivity contribution in [2.45, 2.75) is 45.7 Å². The molecule has 2 rings (SSSR count). The number of hydrogen-bond donors (Lipinski definition) is 3. The van der Waals surface area contributed by atoms with Gasteiger partial charge in [-0.15, -0.1) is 24.0 Å². The van der Waals surface area contributed by atoms with Crippen molar-refractivity contribution in [2.24, 2.45) is 4.99 Å². The molecule has 0 saturated carbocycles. The zero-order chi connectivity index (χ0) is 19.7. The Kier molecular flexibility index (Phi) is 11.0. The van der Waals surface area contributed by atoms with Crippen molar-refractivity contribution in [3.05, 3.63) is 57.8 Å². The molecule has 1 aromatic heterocycles. The van der Waals surface area contributed by atoms with E-state index in [4.69, 9.17) is 0 Å². The summed E-state index contributed by atoms with van der Waals surface area (Å²) in [5.74, 6) is 0.674. The summed E-state index contributed by atoms with van der Waals surface area (Å²) in [7, 11) is -3.37. The van der Waals surface area contributed by atoms with Crippen LogP contribution in [0.25, 0.3) is 0 Å². The standard InChI is InChI=1S/C19H28N4O2S2.HI/c1-4-20-19(21-11-16-9-10-26-13-16)22-12-17-7-5-6-8-18(17)14-27(24,25)23-15(2)3;/h5-10,13,15,23H,4,11-12,14H2,1-3H3,(H2,20,21,22);1H. The van der Waals surface area contributed by atoms with E-state index in [0.29, 0.717) is 19.0 Å². The third-order valence-electron chi connectivity index (χ3n) is 3.67. The molecule has 0 saturated heterocycles. The van der Waals surface area contributed by atoms with Crippen LogP contribution in [0.15, 0.2) is 46.1 Å². The van der Waals surface area contributed by atoms with Crippen LogP contribution in [-0.2, 0) is 28.9 Å². The van der Waals surface area contributed by atoms with E-state index in [1.165, 1.54) is 5.56 Å². The van der Waals surface area contributed by atoms with Gasteiger partial charge >= 0.3 is 0 Å². The maximum absolute atomic E-state index is 12.3. The van der Waals surface area contributed by atoms with Gasteiger partial charge in [0.1, 0.15) is 0 Å². The molecule has 0 atom stereocenters. The molecule has 1 aromatic carbocycles. The maximum Gasteiger partial charge on any atom is 0.216 e. The fraction of sp³-hybridized carbons (Fsp3) is 0.421. The first kappa shape index (κ1) is 24.9. The summed E-state index contributed by atoms with van der Waals surface area (Å²) in [4.78, 5) is 4.59. The summed E-state index contributed by atoms with van der Waals surface area (Å²) in [5.41, 5.74) is 2.89. The predicted octanol–water partition coefficient (Wildman–Crippen LogP) is 3.45. The van der Waals surface area contributed by atoms with Gasteiger partial charge in [-0.2, -0.15) is 11.3 Å². The third-order valence-corrected chi connectivity index (χ3v) is 5.92. The highest BCUT2D eigenvalue weighted by molar-refractivity contribution is 14.0. The number of nitrogens with one attached hydrogen (secondary N) is 3. The van der Waals surface area contributed by atoms with Crippen LogP contribution in [0.3, 0.4) is 0 Å². The summed E-state index contributed by atoms with van der Waals surface area (Å²) in [5, 5.41) is 10.6. The van der Waals surface area contributed by atoms with Gasteiger partial charge in [0.05, 0.1) is 12.3 Å². The van der Waals surface area contributed by atoms with Crippen LogP contribution in [0.1, 0.15) is 37.5 Å². The maximum atomic E-state index is 12.3. The van der Waals surface area contributed by atoms with Gasteiger partial charge in [-0.25, -0.2) is 18.1 Å². The number of guanidine groups is 1. The number of thiophene rings is 1. The molecular weight excluding hydrogens is 507 g/mol. The summed E-state index contributed by atoms with van der Waals surface area (Å²) < 4.78 is 27.2. The summed E-state index contributed by atoms with van der Waals surface area (Å²) in [6.45, 7) is 7.51. The van der Waals surface area contributed by atoms with Gasteiger partial charge in [0.25, 0.3) is 0 Å². The first-order valence-corrected chi connectivity index (χ1v) is 11.6. The minimum Gasteiger partial charge on any atom is -0.357 e. The van der Waals surface area contributed by atoms with Gasteiger partial charge in [0, 0.05) is 19.1 Å². The van der Waals surface area contributed by atoms with Gasteiger partial charge in [-0.3, -0.25) is 0 Å². The lowest BCUT2D eigenvalue weighted by Gasteiger charge is -2.15. The Morgan fingerprint density at radius 2 is 1.86 bits per heavy atom. The van der Waals surface area contributed by atoms with E-state index < -0.39 is 10.0 Å². The average Bonchev–Trinajstić information content (AvgIpc) is 3.10. The Morgan fingerprint density at radius 1 is 1.14 bits per heavy atom. The van der Waals surface area contributed by atoms with Gasteiger partial charge < -0.3 is 10.6 Å². The minimum atomic E-state index is -3.37. The quantitative estimate of drug-likeness (QED) is 0.261. The molecule has 3 N–H and O–H groups in total. The Balaban J connectivity index is 0.00000392.